The minimum Gasteiger partial charge on any atom is -0.454 e. The van der Waals surface area contributed by atoms with Crippen LogP contribution < -0.4 is 16.4 Å². The number of imidazole rings is 1. The summed E-state index contributed by atoms with van der Waals surface area (Å²) in [6.07, 6.45) is 1.59. The average molecular weight is 449 g/mol. The SMILES string of the molecule is CCCCn1c(=O)[nH]c(=O)c2c1nc(COC(=O)c1ccc(S(N)(=O)=O)cc1)n2CC. The zero-order valence-corrected chi connectivity index (χ0v) is 17.9. The van der Waals surface area contributed by atoms with Crippen molar-refractivity contribution in [2.75, 3.05) is 0 Å². The monoisotopic (exact) mass is 449 g/mol. The van der Waals surface area contributed by atoms with Gasteiger partial charge in [-0.1, -0.05) is 13.3 Å². The molecule has 0 atom stereocenters. The van der Waals surface area contributed by atoms with Crippen molar-refractivity contribution in [3.63, 3.8) is 0 Å². The van der Waals surface area contributed by atoms with Crippen molar-refractivity contribution >= 4 is 27.2 Å². The lowest BCUT2D eigenvalue weighted by molar-refractivity contribution is 0.0458. The number of unbranched alkanes of at least 4 members (excludes halogenated alkanes) is 1. The molecule has 31 heavy (non-hydrogen) atoms. The van der Waals surface area contributed by atoms with Crippen LogP contribution in [-0.2, 0) is 34.5 Å². The van der Waals surface area contributed by atoms with Crippen molar-refractivity contribution in [3.05, 3.63) is 56.5 Å². The number of nitrogens with zero attached hydrogens (tertiary/aromatic N) is 3. The Morgan fingerprint density at radius 2 is 1.84 bits per heavy atom. The Morgan fingerprint density at radius 3 is 2.42 bits per heavy atom. The molecule has 0 fully saturated rings. The first-order valence-corrected chi connectivity index (χ1v) is 11.2. The van der Waals surface area contributed by atoms with Crippen LogP contribution in [0.25, 0.3) is 11.2 Å². The molecule has 1 aromatic carbocycles. The van der Waals surface area contributed by atoms with Gasteiger partial charge in [0.25, 0.3) is 5.56 Å². The van der Waals surface area contributed by atoms with Gasteiger partial charge in [0.2, 0.25) is 10.0 Å². The van der Waals surface area contributed by atoms with Gasteiger partial charge in [0, 0.05) is 13.1 Å². The maximum absolute atomic E-state index is 12.4. The maximum Gasteiger partial charge on any atom is 0.338 e. The van der Waals surface area contributed by atoms with Crippen LogP contribution in [0, 0.1) is 0 Å². The minimum atomic E-state index is -3.87. The van der Waals surface area contributed by atoms with Crippen LogP contribution in [0.4, 0.5) is 0 Å². The van der Waals surface area contributed by atoms with Crippen LogP contribution in [0.3, 0.4) is 0 Å². The number of carbonyl (C=O) groups is 1. The highest BCUT2D eigenvalue weighted by Gasteiger charge is 2.19. The second kappa shape index (κ2) is 8.86. The number of aromatic nitrogens is 4. The van der Waals surface area contributed by atoms with Crippen LogP contribution in [0.1, 0.15) is 42.9 Å². The highest BCUT2D eigenvalue weighted by atomic mass is 32.2. The van der Waals surface area contributed by atoms with Crippen molar-refractivity contribution < 1.29 is 17.9 Å². The highest BCUT2D eigenvalue weighted by molar-refractivity contribution is 7.89. The molecule has 0 aliphatic carbocycles. The molecule has 11 nitrogen and oxygen atoms in total. The number of carbonyl (C=O) groups excluding carboxylic acids is 1. The summed E-state index contributed by atoms with van der Waals surface area (Å²) < 4.78 is 30.9. The Kier molecular flexibility index (Phi) is 6.41. The number of fused-ring (bicyclic) bond motifs is 1. The van der Waals surface area contributed by atoms with Crippen LogP contribution >= 0.6 is 0 Å². The zero-order valence-electron chi connectivity index (χ0n) is 17.1. The number of H-pyrrole nitrogens is 1. The molecule has 3 N–H and O–H groups in total. The Morgan fingerprint density at radius 1 is 1.16 bits per heavy atom. The lowest BCUT2D eigenvalue weighted by atomic mass is 10.2. The molecule has 0 saturated carbocycles. The van der Waals surface area contributed by atoms with E-state index in [-0.39, 0.29) is 28.2 Å². The molecule has 12 heteroatoms. The van der Waals surface area contributed by atoms with Gasteiger partial charge < -0.3 is 9.30 Å². The first-order valence-electron chi connectivity index (χ1n) is 9.69. The zero-order chi connectivity index (χ0) is 22.8. The number of ether oxygens (including phenoxy) is 1. The smallest absolute Gasteiger partial charge is 0.338 e. The van der Waals surface area contributed by atoms with E-state index < -0.39 is 27.2 Å². The quantitative estimate of drug-likeness (QED) is 0.479. The number of nitrogens with two attached hydrogens (primary N) is 1. The van der Waals surface area contributed by atoms with Crippen LogP contribution in [0.2, 0.25) is 0 Å². The lowest BCUT2D eigenvalue weighted by Crippen LogP contribution is -2.31. The predicted molar refractivity (Wildman–Crippen MR) is 112 cm³/mol. The summed E-state index contributed by atoms with van der Waals surface area (Å²) in [5.74, 6) is -0.388. The summed E-state index contributed by atoms with van der Waals surface area (Å²) in [5, 5.41) is 5.04. The standard InChI is InChI=1S/C19H23N5O6S/c1-3-5-10-24-16-15(17(25)22-19(24)27)23(4-2)14(21-16)11-30-18(26)12-6-8-13(9-7-12)31(20,28)29/h6-9H,3-5,10-11H2,1-2H3,(H2,20,28,29)(H,22,25,27). The minimum absolute atomic E-state index is 0.124. The Labute approximate surface area is 177 Å². The molecule has 0 bridgehead atoms. The molecule has 166 valence electrons. The molecular formula is C19H23N5O6S. The summed E-state index contributed by atoms with van der Waals surface area (Å²) in [5.41, 5.74) is -0.484. The van der Waals surface area contributed by atoms with E-state index in [4.69, 9.17) is 9.88 Å². The number of aromatic amines is 1. The van der Waals surface area contributed by atoms with Crippen molar-refractivity contribution in [1.29, 1.82) is 0 Å². The third kappa shape index (κ3) is 4.59. The van der Waals surface area contributed by atoms with E-state index in [1.54, 1.807) is 11.5 Å². The summed E-state index contributed by atoms with van der Waals surface area (Å²) in [7, 11) is -3.87. The second-order valence-corrected chi connectivity index (χ2v) is 8.42. The molecule has 0 aliphatic heterocycles. The number of primary sulfonamides is 1. The number of nitrogens with one attached hydrogen (secondary N) is 1. The lowest BCUT2D eigenvalue weighted by Gasteiger charge is -2.07. The third-order valence-electron chi connectivity index (χ3n) is 4.77. The fourth-order valence-electron chi connectivity index (χ4n) is 3.19. The molecule has 3 rings (SSSR count). The molecule has 2 aromatic heterocycles. The summed E-state index contributed by atoms with van der Waals surface area (Å²) in [6.45, 7) is 4.33. The first-order chi connectivity index (χ1) is 14.7. The van der Waals surface area contributed by atoms with Crippen LogP contribution in [0.15, 0.2) is 38.8 Å². The molecule has 0 unspecified atom stereocenters. The van der Waals surface area contributed by atoms with Gasteiger partial charge >= 0.3 is 11.7 Å². The second-order valence-electron chi connectivity index (χ2n) is 6.85. The summed E-state index contributed by atoms with van der Waals surface area (Å²) in [6, 6.07) is 4.99. The molecule has 0 saturated heterocycles. The molecule has 0 spiro atoms. The van der Waals surface area contributed by atoms with Crippen molar-refractivity contribution in [2.45, 2.75) is 51.3 Å². The number of benzene rings is 1. The molecule has 0 amide bonds. The number of esters is 1. The van der Waals surface area contributed by atoms with Gasteiger partial charge in [0.1, 0.15) is 12.4 Å². The third-order valence-corrected chi connectivity index (χ3v) is 5.70. The summed E-state index contributed by atoms with van der Waals surface area (Å²) in [4.78, 5) is 43.6. The summed E-state index contributed by atoms with van der Waals surface area (Å²) >= 11 is 0. The Hall–Kier alpha value is -3.25. The topological polar surface area (TPSA) is 159 Å². The van der Waals surface area contributed by atoms with Crippen LogP contribution in [0.5, 0.6) is 0 Å². The average Bonchev–Trinajstić information content (AvgIpc) is 3.10. The largest absolute Gasteiger partial charge is 0.454 e. The van der Waals surface area contributed by atoms with Crippen molar-refractivity contribution in [3.8, 4) is 0 Å². The number of rotatable bonds is 8. The Bertz CT molecular complexity index is 1340. The maximum atomic E-state index is 12.4. The first kappa shape index (κ1) is 22.4. The van der Waals surface area contributed by atoms with E-state index in [0.29, 0.717) is 18.9 Å². The molecule has 2 heterocycles. The van der Waals surface area contributed by atoms with Gasteiger partial charge in [-0.05, 0) is 37.6 Å². The van der Waals surface area contributed by atoms with Gasteiger partial charge in [-0.15, -0.1) is 0 Å². The Balaban J connectivity index is 1.91. The van der Waals surface area contributed by atoms with E-state index in [0.717, 1.165) is 12.8 Å². The fourth-order valence-corrected chi connectivity index (χ4v) is 3.70. The van der Waals surface area contributed by atoms with Gasteiger partial charge in [-0.3, -0.25) is 14.3 Å². The normalized spacial score (nSPS) is 11.7. The number of hydrogen-bond donors (Lipinski definition) is 2. The predicted octanol–water partition coefficient (Wildman–Crippen LogP) is 0.711. The van der Waals surface area contributed by atoms with Crippen molar-refractivity contribution in [1.82, 2.24) is 19.1 Å². The molecule has 3 aromatic rings. The molecular weight excluding hydrogens is 426 g/mol. The number of hydrogen-bond acceptors (Lipinski definition) is 7. The molecule has 0 aliphatic rings. The van der Waals surface area contributed by atoms with Gasteiger partial charge in [-0.2, -0.15) is 0 Å². The van der Waals surface area contributed by atoms with Crippen molar-refractivity contribution in [2.24, 2.45) is 5.14 Å². The molecule has 0 radical (unpaired) electrons. The van der Waals surface area contributed by atoms with Gasteiger partial charge in [0.15, 0.2) is 11.2 Å². The number of sulfonamides is 1. The fraction of sp³-hybridized carbons (Fsp3) is 0.368. The highest BCUT2D eigenvalue weighted by Crippen LogP contribution is 2.15. The van der Waals surface area contributed by atoms with E-state index in [2.05, 4.69) is 9.97 Å². The van der Waals surface area contributed by atoms with Gasteiger partial charge in [-0.25, -0.2) is 28.1 Å². The number of aryl methyl sites for hydroxylation is 2. The van der Waals surface area contributed by atoms with Gasteiger partial charge in [0.05, 0.1) is 10.5 Å². The van der Waals surface area contributed by atoms with E-state index in [9.17, 15) is 22.8 Å². The van der Waals surface area contributed by atoms with E-state index in [1.165, 1.54) is 28.8 Å². The van der Waals surface area contributed by atoms with E-state index >= 15 is 0 Å². The van der Waals surface area contributed by atoms with Crippen LogP contribution in [-0.4, -0.2) is 33.5 Å². The van der Waals surface area contributed by atoms with E-state index in [1.807, 2.05) is 6.92 Å².